The summed E-state index contributed by atoms with van der Waals surface area (Å²) >= 11 is 6.15. The molecule has 0 saturated carbocycles. The second kappa shape index (κ2) is 5.25. The Labute approximate surface area is 133 Å². The van der Waals surface area contributed by atoms with E-state index >= 15 is 0 Å². The van der Waals surface area contributed by atoms with E-state index in [0.29, 0.717) is 34.2 Å². The first-order valence-corrected chi connectivity index (χ1v) is 7.40. The lowest BCUT2D eigenvalue weighted by Crippen LogP contribution is -2.16. The smallest absolute Gasteiger partial charge is 0.165 e. The molecule has 3 rings (SSSR count). The van der Waals surface area contributed by atoms with Crippen molar-refractivity contribution in [3.8, 4) is 17.1 Å². The van der Waals surface area contributed by atoms with Gasteiger partial charge in [-0.25, -0.2) is 15.0 Å². The fourth-order valence-corrected chi connectivity index (χ4v) is 2.57. The molecule has 0 radical (unpaired) electrons. The zero-order chi connectivity index (χ0) is 15.9. The standard InChI is InChI=1S/C16H17ClN4O/c1-16(2,3)8-21-14(10-6-4-5-7-11(10)22)20-12-13(17)18-9-19-15(12)21/h4-7,9,22H,8H2,1-3H3. The molecule has 6 heteroatoms. The predicted molar refractivity (Wildman–Crippen MR) is 86.9 cm³/mol. The van der Waals surface area contributed by atoms with Crippen molar-refractivity contribution in [2.75, 3.05) is 0 Å². The summed E-state index contributed by atoms with van der Waals surface area (Å²) in [4.78, 5) is 12.9. The molecular formula is C16H17ClN4O. The molecule has 1 N–H and O–H groups in total. The number of aromatic hydroxyl groups is 1. The van der Waals surface area contributed by atoms with Crippen LogP contribution in [0.25, 0.3) is 22.6 Å². The van der Waals surface area contributed by atoms with Gasteiger partial charge in [0.15, 0.2) is 10.8 Å². The quantitative estimate of drug-likeness (QED) is 0.728. The van der Waals surface area contributed by atoms with Crippen LogP contribution in [-0.2, 0) is 6.54 Å². The van der Waals surface area contributed by atoms with Gasteiger partial charge in [-0.1, -0.05) is 44.5 Å². The minimum absolute atomic E-state index is 0.0181. The molecular weight excluding hydrogens is 300 g/mol. The van der Waals surface area contributed by atoms with Crippen molar-refractivity contribution in [1.82, 2.24) is 19.5 Å². The van der Waals surface area contributed by atoms with Gasteiger partial charge in [-0.05, 0) is 17.5 Å². The summed E-state index contributed by atoms with van der Waals surface area (Å²) in [5.41, 5.74) is 1.89. The third-order valence-electron chi connectivity index (χ3n) is 3.26. The molecule has 0 aliphatic rings. The lowest BCUT2D eigenvalue weighted by Gasteiger charge is -2.21. The number of aromatic nitrogens is 4. The number of benzene rings is 1. The topological polar surface area (TPSA) is 63.8 Å². The Kier molecular flexibility index (Phi) is 3.53. The number of halogens is 1. The molecule has 0 fully saturated rings. The second-order valence-corrected chi connectivity index (χ2v) is 6.79. The van der Waals surface area contributed by atoms with Gasteiger partial charge in [0.2, 0.25) is 0 Å². The van der Waals surface area contributed by atoms with Crippen LogP contribution in [0.3, 0.4) is 0 Å². The number of phenolic OH excluding ortho intramolecular Hbond substituents is 1. The maximum atomic E-state index is 10.2. The Morgan fingerprint density at radius 1 is 1.18 bits per heavy atom. The fourth-order valence-electron chi connectivity index (χ4n) is 2.40. The minimum Gasteiger partial charge on any atom is -0.507 e. The number of phenols is 1. The van der Waals surface area contributed by atoms with Crippen molar-refractivity contribution in [2.45, 2.75) is 27.3 Å². The Morgan fingerprint density at radius 3 is 2.59 bits per heavy atom. The van der Waals surface area contributed by atoms with Crippen molar-refractivity contribution in [2.24, 2.45) is 5.41 Å². The summed E-state index contributed by atoms with van der Waals surface area (Å²) in [7, 11) is 0. The number of fused-ring (bicyclic) bond motifs is 1. The number of rotatable bonds is 2. The average Bonchev–Trinajstić information content (AvgIpc) is 2.78. The number of para-hydroxylation sites is 1. The molecule has 0 aliphatic carbocycles. The van der Waals surface area contributed by atoms with E-state index in [0.717, 1.165) is 0 Å². The van der Waals surface area contributed by atoms with Gasteiger partial charge in [0, 0.05) is 6.54 Å². The molecule has 0 amide bonds. The van der Waals surface area contributed by atoms with Gasteiger partial charge in [-0.3, -0.25) is 0 Å². The molecule has 5 nitrogen and oxygen atoms in total. The highest BCUT2D eigenvalue weighted by Crippen LogP contribution is 2.33. The Bertz CT molecular complexity index is 836. The third kappa shape index (κ3) is 2.64. The molecule has 0 saturated heterocycles. The molecule has 1 aromatic carbocycles. The second-order valence-electron chi connectivity index (χ2n) is 6.44. The summed E-state index contributed by atoms with van der Waals surface area (Å²) in [6.45, 7) is 7.10. The number of imidazole rings is 1. The normalized spacial score (nSPS) is 12.0. The maximum absolute atomic E-state index is 10.2. The van der Waals surface area contributed by atoms with E-state index in [9.17, 15) is 5.11 Å². The van der Waals surface area contributed by atoms with Crippen LogP contribution in [0.2, 0.25) is 5.15 Å². The molecule has 3 aromatic rings. The van der Waals surface area contributed by atoms with E-state index in [1.165, 1.54) is 6.33 Å². The van der Waals surface area contributed by atoms with Gasteiger partial charge in [0.1, 0.15) is 23.4 Å². The summed E-state index contributed by atoms with van der Waals surface area (Å²) in [5, 5.41) is 10.5. The molecule has 2 heterocycles. The molecule has 0 aliphatic heterocycles. The van der Waals surface area contributed by atoms with Crippen molar-refractivity contribution in [1.29, 1.82) is 0 Å². The molecule has 0 unspecified atom stereocenters. The van der Waals surface area contributed by atoms with Crippen molar-refractivity contribution >= 4 is 22.8 Å². The Balaban J connectivity index is 2.31. The zero-order valence-corrected chi connectivity index (χ0v) is 13.5. The van der Waals surface area contributed by atoms with Crippen LogP contribution in [0.15, 0.2) is 30.6 Å². The third-order valence-corrected chi connectivity index (χ3v) is 3.54. The van der Waals surface area contributed by atoms with E-state index in [2.05, 4.69) is 35.7 Å². The molecule has 0 atom stereocenters. The van der Waals surface area contributed by atoms with Crippen LogP contribution in [0.4, 0.5) is 0 Å². The van der Waals surface area contributed by atoms with Crippen LogP contribution in [-0.4, -0.2) is 24.6 Å². The molecule has 0 bridgehead atoms. The predicted octanol–water partition coefficient (Wildman–Crippen LogP) is 3.90. The lowest BCUT2D eigenvalue weighted by atomic mass is 9.96. The fraction of sp³-hybridized carbons (Fsp3) is 0.312. The zero-order valence-electron chi connectivity index (χ0n) is 12.7. The van der Waals surface area contributed by atoms with Gasteiger partial charge < -0.3 is 9.67 Å². The van der Waals surface area contributed by atoms with Crippen molar-refractivity contribution in [3.05, 3.63) is 35.7 Å². The van der Waals surface area contributed by atoms with Crippen LogP contribution >= 0.6 is 11.6 Å². The molecule has 22 heavy (non-hydrogen) atoms. The summed E-state index contributed by atoms with van der Waals surface area (Å²) in [6.07, 6.45) is 1.43. The first-order chi connectivity index (χ1) is 10.4. The van der Waals surface area contributed by atoms with Gasteiger partial charge in [0.25, 0.3) is 0 Å². The number of hydrogen-bond acceptors (Lipinski definition) is 4. The average molecular weight is 317 g/mol. The SMILES string of the molecule is CC(C)(C)Cn1c(-c2ccccc2O)nc2c(Cl)ncnc21. The highest BCUT2D eigenvalue weighted by atomic mass is 35.5. The van der Waals surface area contributed by atoms with E-state index < -0.39 is 0 Å². The first kappa shape index (κ1) is 14.8. The maximum Gasteiger partial charge on any atom is 0.165 e. The largest absolute Gasteiger partial charge is 0.507 e. The minimum atomic E-state index is 0.0181. The molecule has 0 spiro atoms. The number of nitrogens with zero attached hydrogens (tertiary/aromatic N) is 4. The summed E-state index contributed by atoms with van der Waals surface area (Å²) in [5.74, 6) is 0.822. The molecule has 2 aromatic heterocycles. The summed E-state index contributed by atoms with van der Waals surface area (Å²) < 4.78 is 1.98. The van der Waals surface area contributed by atoms with E-state index in [1.54, 1.807) is 12.1 Å². The Hall–Kier alpha value is -2.14. The van der Waals surface area contributed by atoms with Gasteiger partial charge >= 0.3 is 0 Å². The van der Waals surface area contributed by atoms with Crippen molar-refractivity contribution in [3.63, 3.8) is 0 Å². The van der Waals surface area contributed by atoms with Gasteiger partial charge in [0.05, 0.1) is 5.56 Å². The van der Waals surface area contributed by atoms with E-state index in [-0.39, 0.29) is 11.2 Å². The van der Waals surface area contributed by atoms with E-state index in [1.807, 2.05) is 16.7 Å². The Morgan fingerprint density at radius 2 is 1.91 bits per heavy atom. The van der Waals surface area contributed by atoms with E-state index in [4.69, 9.17) is 11.6 Å². The first-order valence-electron chi connectivity index (χ1n) is 7.02. The molecule has 114 valence electrons. The van der Waals surface area contributed by atoms with Gasteiger partial charge in [-0.15, -0.1) is 0 Å². The van der Waals surface area contributed by atoms with Gasteiger partial charge in [-0.2, -0.15) is 0 Å². The van der Waals surface area contributed by atoms with Crippen LogP contribution in [0.1, 0.15) is 20.8 Å². The highest BCUT2D eigenvalue weighted by Gasteiger charge is 2.22. The number of hydrogen-bond donors (Lipinski definition) is 1. The van der Waals surface area contributed by atoms with Crippen LogP contribution in [0.5, 0.6) is 5.75 Å². The lowest BCUT2D eigenvalue weighted by molar-refractivity contribution is 0.349. The van der Waals surface area contributed by atoms with Crippen LogP contribution < -0.4 is 0 Å². The van der Waals surface area contributed by atoms with Crippen molar-refractivity contribution < 1.29 is 5.11 Å². The van der Waals surface area contributed by atoms with Crippen LogP contribution in [0, 0.1) is 5.41 Å². The highest BCUT2D eigenvalue weighted by molar-refractivity contribution is 6.33. The summed E-state index contributed by atoms with van der Waals surface area (Å²) in [6, 6.07) is 7.12. The monoisotopic (exact) mass is 316 g/mol.